The fraction of sp³-hybridized carbons (Fsp3) is 0.389. The monoisotopic (exact) mass is 360 g/mol. The maximum atomic E-state index is 12.2. The van der Waals surface area contributed by atoms with E-state index in [1.807, 2.05) is 43.3 Å². The molecule has 2 aliphatic heterocycles. The molecular formula is C18H20N2O4S. The first kappa shape index (κ1) is 17.6. The van der Waals surface area contributed by atoms with Gasteiger partial charge in [0.2, 0.25) is 5.91 Å². The Kier molecular flexibility index (Phi) is 4.38. The Balaban J connectivity index is 1.95. The number of carboxylic acid groups (broad SMARTS) is 1. The van der Waals surface area contributed by atoms with Crippen LogP contribution >= 0.6 is 12.2 Å². The Hall–Kier alpha value is -2.25. The van der Waals surface area contributed by atoms with Crippen molar-refractivity contribution in [1.82, 2.24) is 9.80 Å². The molecule has 3 unspecified atom stereocenters. The Morgan fingerprint density at radius 2 is 1.92 bits per heavy atom. The number of aliphatic hydroxyl groups excluding tert-OH is 1. The van der Waals surface area contributed by atoms with Crippen molar-refractivity contribution in [3.8, 4) is 0 Å². The van der Waals surface area contributed by atoms with Crippen LogP contribution in [0.4, 0.5) is 0 Å². The maximum Gasteiger partial charge on any atom is 0.352 e. The van der Waals surface area contributed by atoms with Crippen LogP contribution in [0.5, 0.6) is 0 Å². The summed E-state index contributed by atoms with van der Waals surface area (Å²) in [6.07, 6.45) is -0.358. The van der Waals surface area contributed by atoms with Gasteiger partial charge in [0.1, 0.15) is 10.7 Å². The Morgan fingerprint density at radius 1 is 1.32 bits per heavy atom. The van der Waals surface area contributed by atoms with Crippen molar-refractivity contribution in [3.05, 3.63) is 41.1 Å². The highest BCUT2D eigenvalue weighted by molar-refractivity contribution is 7.80. The summed E-state index contributed by atoms with van der Waals surface area (Å²) in [5, 5.41) is 19.4. The van der Waals surface area contributed by atoms with E-state index >= 15 is 0 Å². The molecule has 0 radical (unpaired) electrons. The number of hydrogen-bond donors (Lipinski definition) is 2. The third-order valence-electron chi connectivity index (χ3n) is 4.82. The van der Waals surface area contributed by atoms with Gasteiger partial charge in [0.15, 0.2) is 0 Å². The summed E-state index contributed by atoms with van der Waals surface area (Å²) >= 11 is 5.33. The lowest BCUT2D eigenvalue weighted by Crippen LogP contribution is -2.61. The average molecular weight is 360 g/mol. The summed E-state index contributed by atoms with van der Waals surface area (Å²) < 4.78 is 0. The highest BCUT2D eigenvalue weighted by atomic mass is 32.1. The molecule has 0 spiro atoms. The van der Waals surface area contributed by atoms with E-state index in [1.54, 1.807) is 6.92 Å². The molecule has 1 aromatic carbocycles. The van der Waals surface area contributed by atoms with E-state index in [1.165, 1.54) is 4.90 Å². The van der Waals surface area contributed by atoms with Crippen molar-refractivity contribution in [2.75, 3.05) is 14.1 Å². The van der Waals surface area contributed by atoms with Crippen molar-refractivity contribution in [2.45, 2.75) is 25.5 Å². The van der Waals surface area contributed by atoms with Crippen LogP contribution in [-0.2, 0) is 9.59 Å². The van der Waals surface area contributed by atoms with Gasteiger partial charge in [0.05, 0.1) is 18.1 Å². The van der Waals surface area contributed by atoms with E-state index in [9.17, 15) is 19.8 Å². The van der Waals surface area contributed by atoms with E-state index in [0.29, 0.717) is 17.0 Å². The summed E-state index contributed by atoms with van der Waals surface area (Å²) in [5.74, 6) is -1.98. The third-order valence-corrected chi connectivity index (χ3v) is 5.42. The minimum Gasteiger partial charge on any atom is -0.477 e. The fourth-order valence-corrected chi connectivity index (χ4v) is 3.74. The van der Waals surface area contributed by atoms with Crippen molar-refractivity contribution < 1.29 is 19.8 Å². The smallest absolute Gasteiger partial charge is 0.352 e. The molecule has 6 nitrogen and oxygen atoms in total. The fourth-order valence-electron chi connectivity index (χ4n) is 3.60. The molecule has 1 saturated heterocycles. The Morgan fingerprint density at radius 3 is 2.40 bits per heavy atom. The average Bonchev–Trinajstić information content (AvgIpc) is 2.89. The summed E-state index contributed by atoms with van der Waals surface area (Å²) in [6, 6.07) is 7.09. The number of carboxylic acids is 1. The number of nitrogens with zero attached hydrogens (tertiary/aromatic N) is 2. The van der Waals surface area contributed by atoms with Crippen molar-refractivity contribution in [1.29, 1.82) is 0 Å². The van der Waals surface area contributed by atoms with Crippen molar-refractivity contribution >= 4 is 34.7 Å². The van der Waals surface area contributed by atoms with Gasteiger partial charge in [-0.25, -0.2) is 4.79 Å². The van der Waals surface area contributed by atoms with Crippen LogP contribution in [0.3, 0.4) is 0 Å². The minimum absolute atomic E-state index is 0.0230. The number of thiocarbonyl (C=S) groups is 1. The van der Waals surface area contributed by atoms with Crippen LogP contribution in [0.2, 0.25) is 0 Å². The predicted octanol–water partition coefficient (Wildman–Crippen LogP) is 1.33. The molecule has 0 saturated carbocycles. The van der Waals surface area contributed by atoms with Gasteiger partial charge >= 0.3 is 5.97 Å². The number of benzene rings is 1. The SMILES string of the molecule is CC(O)C1C(=O)N2C(C(=O)O)=C(c3ccc(C(=S)N(C)C)cc3)CC12. The molecule has 1 aromatic rings. The van der Waals surface area contributed by atoms with Crippen LogP contribution in [0.25, 0.3) is 5.57 Å². The largest absolute Gasteiger partial charge is 0.477 e. The summed E-state index contributed by atoms with van der Waals surface area (Å²) in [4.78, 5) is 27.8. The van der Waals surface area contributed by atoms with Crippen LogP contribution in [0.15, 0.2) is 30.0 Å². The molecule has 1 amide bonds. The van der Waals surface area contributed by atoms with E-state index < -0.39 is 18.0 Å². The van der Waals surface area contributed by atoms with Crippen molar-refractivity contribution in [3.63, 3.8) is 0 Å². The zero-order valence-corrected chi connectivity index (χ0v) is 15.1. The van der Waals surface area contributed by atoms with E-state index in [4.69, 9.17) is 12.2 Å². The molecule has 2 heterocycles. The van der Waals surface area contributed by atoms with E-state index in [0.717, 1.165) is 11.1 Å². The van der Waals surface area contributed by atoms with E-state index in [-0.39, 0.29) is 17.6 Å². The zero-order valence-electron chi connectivity index (χ0n) is 14.3. The van der Waals surface area contributed by atoms with Crippen LogP contribution < -0.4 is 0 Å². The molecule has 2 aliphatic rings. The topological polar surface area (TPSA) is 81.1 Å². The second-order valence-corrected chi connectivity index (χ2v) is 7.04. The molecule has 1 fully saturated rings. The molecule has 3 atom stereocenters. The first-order chi connectivity index (χ1) is 11.7. The number of aliphatic carboxylic acids is 1. The van der Waals surface area contributed by atoms with Gasteiger partial charge in [-0.05, 0) is 24.5 Å². The second kappa shape index (κ2) is 6.24. The number of fused-ring (bicyclic) bond motifs is 1. The second-order valence-electron chi connectivity index (χ2n) is 6.66. The highest BCUT2D eigenvalue weighted by Crippen LogP contribution is 2.46. The normalized spacial score (nSPS) is 23.2. The molecule has 0 bridgehead atoms. The number of aliphatic hydroxyl groups is 1. The zero-order chi connectivity index (χ0) is 18.5. The summed E-state index contributed by atoms with van der Waals surface area (Å²) in [6.45, 7) is 1.56. The first-order valence-electron chi connectivity index (χ1n) is 8.03. The van der Waals surface area contributed by atoms with Crippen LogP contribution in [0.1, 0.15) is 24.5 Å². The van der Waals surface area contributed by atoms with Gasteiger partial charge in [-0.1, -0.05) is 36.5 Å². The van der Waals surface area contributed by atoms with Gasteiger partial charge < -0.3 is 20.0 Å². The number of amides is 1. The number of hydrogen-bond acceptors (Lipinski definition) is 4. The molecule has 3 rings (SSSR count). The van der Waals surface area contributed by atoms with Gasteiger partial charge in [-0.15, -0.1) is 0 Å². The van der Waals surface area contributed by atoms with Crippen LogP contribution in [-0.4, -0.2) is 63.1 Å². The van der Waals surface area contributed by atoms with Crippen molar-refractivity contribution in [2.24, 2.45) is 5.92 Å². The third kappa shape index (κ3) is 2.73. The van der Waals surface area contributed by atoms with E-state index in [2.05, 4.69) is 0 Å². The summed E-state index contributed by atoms with van der Waals surface area (Å²) in [7, 11) is 3.73. The molecule has 7 heteroatoms. The predicted molar refractivity (Wildman–Crippen MR) is 96.8 cm³/mol. The molecule has 0 aromatic heterocycles. The van der Waals surface area contributed by atoms with Gasteiger partial charge in [-0.2, -0.15) is 0 Å². The van der Waals surface area contributed by atoms with Gasteiger partial charge in [0.25, 0.3) is 0 Å². The molecule has 25 heavy (non-hydrogen) atoms. The number of rotatable bonds is 4. The molecule has 132 valence electrons. The van der Waals surface area contributed by atoms with Gasteiger partial charge in [-0.3, -0.25) is 4.79 Å². The summed E-state index contributed by atoms with van der Waals surface area (Å²) in [5.41, 5.74) is 2.28. The maximum absolute atomic E-state index is 12.2. The molecular weight excluding hydrogens is 340 g/mol. The molecule has 2 N–H and O–H groups in total. The number of carbonyl (C=O) groups is 2. The Labute approximate surface area is 151 Å². The molecule has 0 aliphatic carbocycles. The lowest BCUT2D eigenvalue weighted by atomic mass is 9.82. The lowest BCUT2D eigenvalue weighted by Gasteiger charge is -2.44. The lowest BCUT2D eigenvalue weighted by molar-refractivity contribution is -0.161. The minimum atomic E-state index is -1.12. The number of carbonyl (C=O) groups excluding carboxylic acids is 1. The standard InChI is InChI=1S/C18H20N2O4S/c1-9(21)14-13-8-12(15(18(23)24)20(13)16(14)22)10-4-6-11(7-5-10)17(25)19(2)3/h4-7,9,13-14,21H,8H2,1-3H3,(H,23,24). The first-order valence-corrected chi connectivity index (χ1v) is 8.44. The van der Waals surface area contributed by atoms with Crippen LogP contribution in [0, 0.1) is 5.92 Å². The van der Waals surface area contributed by atoms with Gasteiger partial charge in [0, 0.05) is 19.7 Å². The quantitative estimate of drug-likeness (QED) is 0.623. The highest BCUT2D eigenvalue weighted by Gasteiger charge is 2.56. The number of β-lactam (4-membered cyclic amide) rings is 1. The Bertz CT molecular complexity index is 783.